The van der Waals surface area contributed by atoms with Gasteiger partial charge in [-0.15, -0.1) is 22.9 Å². The molecule has 1 N–H and O–H groups in total. The topological polar surface area (TPSA) is 29.1 Å². The van der Waals surface area contributed by atoms with Crippen molar-refractivity contribution < 1.29 is 4.79 Å². The third-order valence-electron chi connectivity index (χ3n) is 1.34. The average molecular weight is 204 g/mol. The first kappa shape index (κ1) is 9.55. The molecule has 0 radical (unpaired) electrons. The summed E-state index contributed by atoms with van der Waals surface area (Å²) in [7, 11) is 0. The van der Waals surface area contributed by atoms with Gasteiger partial charge in [0.1, 0.15) is 0 Å². The van der Waals surface area contributed by atoms with Crippen LogP contribution in [0.2, 0.25) is 0 Å². The zero-order chi connectivity index (χ0) is 8.97. The number of amides is 1. The minimum Gasteiger partial charge on any atom is -0.350 e. The van der Waals surface area contributed by atoms with E-state index in [0.29, 0.717) is 12.4 Å². The number of rotatable bonds is 3. The van der Waals surface area contributed by atoms with Gasteiger partial charge in [0.25, 0.3) is 5.91 Å². The summed E-state index contributed by atoms with van der Waals surface area (Å²) in [5, 5.41) is 2.70. The third kappa shape index (κ3) is 2.50. The van der Waals surface area contributed by atoms with Crippen molar-refractivity contribution in [2.45, 2.75) is 6.92 Å². The van der Waals surface area contributed by atoms with Crippen molar-refractivity contribution in [1.82, 2.24) is 5.32 Å². The van der Waals surface area contributed by atoms with Gasteiger partial charge in [-0.05, 0) is 19.1 Å². The minimum atomic E-state index is -0.0336. The smallest absolute Gasteiger partial charge is 0.261 e. The molecule has 0 unspecified atom stereocenters. The van der Waals surface area contributed by atoms with Crippen molar-refractivity contribution in [2.75, 3.05) is 12.4 Å². The van der Waals surface area contributed by atoms with Gasteiger partial charge in [-0.3, -0.25) is 4.79 Å². The summed E-state index contributed by atoms with van der Waals surface area (Å²) in [4.78, 5) is 13.1. The van der Waals surface area contributed by atoms with Gasteiger partial charge in [-0.25, -0.2) is 0 Å². The second kappa shape index (κ2) is 4.48. The normalized spacial score (nSPS) is 9.83. The predicted octanol–water partition coefficient (Wildman–Crippen LogP) is 2.03. The maximum absolute atomic E-state index is 11.3. The lowest BCUT2D eigenvalue weighted by atomic mass is 10.4. The number of hydrogen-bond acceptors (Lipinski definition) is 2. The molecule has 12 heavy (non-hydrogen) atoms. The van der Waals surface area contributed by atoms with Crippen LogP contribution in [0.4, 0.5) is 0 Å². The number of nitrogens with one attached hydrogen (secondary N) is 1. The van der Waals surface area contributed by atoms with Gasteiger partial charge in [0.05, 0.1) is 4.88 Å². The lowest BCUT2D eigenvalue weighted by Crippen LogP contribution is -2.24. The summed E-state index contributed by atoms with van der Waals surface area (Å²) in [6, 6.07) is 3.75. The first-order chi connectivity index (χ1) is 5.74. The van der Waals surface area contributed by atoms with Crippen LogP contribution in [0, 0.1) is 6.92 Å². The maximum atomic E-state index is 11.3. The minimum absolute atomic E-state index is 0.0336. The van der Waals surface area contributed by atoms with Crippen molar-refractivity contribution >= 4 is 28.8 Å². The number of carbonyl (C=O) groups is 1. The quantitative estimate of drug-likeness (QED) is 0.749. The van der Waals surface area contributed by atoms with E-state index in [9.17, 15) is 4.79 Å². The summed E-state index contributed by atoms with van der Waals surface area (Å²) < 4.78 is 0. The molecular formula is C8H10ClNOS. The molecule has 66 valence electrons. The second-order valence-corrected chi connectivity index (χ2v) is 4.02. The van der Waals surface area contributed by atoms with E-state index in [4.69, 9.17) is 11.6 Å². The molecule has 2 nitrogen and oxygen atoms in total. The molecule has 4 heteroatoms. The summed E-state index contributed by atoms with van der Waals surface area (Å²) in [5.41, 5.74) is 0. The van der Waals surface area contributed by atoms with Gasteiger partial charge < -0.3 is 5.32 Å². The van der Waals surface area contributed by atoms with Crippen molar-refractivity contribution in [1.29, 1.82) is 0 Å². The fourth-order valence-electron chi connectivity index (χ4n) is 0.804. The van der Waals surface area contributed by atoms with Gasteiger partial charge >= 0.3 is 0 Å². The zero-order valence-electron chi connectivity index (χ0n) is 6.76. The van der Waals surface area contributed by atoms with E-state index in [2.05, 4.69) is 5.32 Å². The lowest BCUT2D eigenvalue weighted by Gasteiger charge is -1.98. The number of carbonyl (C=O) groups excluding carboxylic acids is 1. The molecule has 0 saturated carbocycles. The van der Waals surface area contributed by atoms with Crippen LogP contribution >= 0.6 is 22.9 Å². The van der Waals surface area contributed by atoms with E-state index in [-0.39, 0.29) is 5.91 Å². The molecule has 0 aliphatic carbocycles. The Balaban J connectivity index is 2.53. The van der Waals surface area contributed by atoms with Gasteiger partial charge in [0.2, 0.25) is 0 Å². The summed E-state index contributed by atoms with van der Waals surface area (Å²) in [6.07, 6.45) is 0. The van der Waals surface area contributed by atoms with Crippen LogP contribution in [-0.2, 0) is 0 Å². The highest BCUT2D eigenvalue weighted by molar-refractivity contribution is 7.13. The third-order valence-corrected chi connectivity index (χ3v) is 2.53. The number of thiophene rings is 1. The van der Waals surface area contributed by atoms with Crippen LogP contribution < -0.4 is 5.32 Å². The lowest BCUT2D eigenvalue weighted by molar-refractivity contribution is 0.0960. The van der Waals surface area contributed by atoms with Gasteiger partial charge in [-0.1, -0.05) is 0 Å². The Morgan fingerprint density at radius 2 is 2.42 bits per heavy atom. The Morgan fingerprint density at radius 3 is 2.92 bits per heavy atom. The molecule has 0 saturated heterocycles. The number of alkyl halides is 1. The maximum Gasteiger partial charge on any atom is 0.261 e. The molecule has 0 bridgehead atoms. The van der Waals surface area contributed by atoms with Crippen LogP contribution in [0.25, 0.3) is 0 Å². The zero-order valence-corrected chi connectivity index (χ0v) is 8.34. The number of hydrogen-bond donors (Lipinski definition) is 1. The molecule has 0 atom stereocenters. The van der Waals surface area contributed by atoms with Crippen LogP contribution in [0.1, 0.15) is 14.5 Å². The first-order valence-electron chi connectivity index (χ1n) is 3.64. The fraction of sp³-hybridized carbons (Fsp3) is 0.375. The standard InChI is InChI=1S/C8H10ClNOS/c1-6-2-3-7(12-6)8(11)10-5-4-9/h2-3H,4-5H2,1H3,(H,10,11). The molecule has 1 rings (SSSR count). The van der Waals surface area contributed by atoms with Gasteiger partial charge in [0, 0.05) is 17.3 Å². The molecule has 1 amide bonds. The predicted molar refractivity (Wildman–Crippen MR) is 52.1 cm³/mol. The molecule has 0 fully saturated rings. The SMILES string of the molecule is Cc1ccc(C(=O)NCCCl)s1. The summed E-state index contributed by atoms with van der Waals surface area (Å²) >= 11 is 6.92. The average Bonchev–Trinajstić information content (AvgIpc) is 2.47. The highest BCUT2D eigenvalue weighted by Crippen LogP contribution is 2.14. The highest BCUT2D eigenvalue weighted by Gasteiger charge is 2.05. The first-order valence-corrected chi connectivity index (χ1v) is 4.99. The fourth-order valence-corrected chi connectivity index (χ4v) is 1.68. The highest BCUT2D eigenvalue weighted by atomic mass is 35.5. The van der Waals surface area contributed by atoms with Gasteiger partial charge in [-0.2, -0.15) is 0 Å². The van der Waals surface area contributed by atoms with Crippen LogP contribution in [-0.4, -0.2) is 18.3 Å². The van der Waals surface area contributed by atoms with Gasteiger partial charge in [0.15, 0.2) is 0 Å². The van der Waals surface area contributed by atoms with E-state index >= 15 is 0 Å². The van der Waals surface area contributed by atoms with Crippen LogP contribution in [0.5, 0.6) is 0 Å². The van der Waals surface area contributed by atoms with E-state index in [0.717, 1.165) is 9.75 Å². The molecule has 0 aromatic carbocycles. The van der Waals surface area contributed by atoms with Crippen molar-refractivity contribution in [2.24, 2.45) is 0 Å². The van der Waals surface area contributed by atoms with Crippen LogP contribution in [0.15, 0.2) is 12.1 Å². The summed E-state index contributed by atoms with van der Waals surface area (Å²) in [6.45, 7) is 2.50. The monoisotopic (exact) mass is 203 g/mol. The molecular weight excluding hydrogens is 194 g/mol. The van der Waals surface area contributed by atoms with Crippen molar-refractivity contribution in [3.8, 4) is 0 Å². The van der Waals surface area contributed by atoms with Crippen molar-refractivity contribution in [3.63, 3.8) is 0 Å². The molecule has 0 aliphatic heterocycles. The van der Waals surface area contributed by atoms with E-state index in [1.54, 1.807) is 0 Å². The van der Waals surface area contributed by atoms with E-state index in [1.807, 2.05) is 19.1 Å². The molecule has 1 aromatic heterocycles. The number of aryl methyl sites for hydroxylation is 1. The Hall–Kier alpha value is -0.540. The second-order valence-electron chi connectivity index (χ2n) is 2.36. The van der Waals surface area contributed by atoms with E-state index < -0.39 is 0 Å². The van der Waals surface area contributed by atoms with Crippen molar-refractivity contribution in [3.05, 3.63) is 21.9 Å². The number of halogens is 1. The largest absolute Gasteiger partial charge is 0.350 e. The van der Waals surface area contributed by atoms with Crippen LogP contribution in [0.3, 0.4) is 0 Å². The Labute approximate surface area is 80.5 Å². The Kier molecular flexibility index (Phi) is 3.56. The Morgan fingerprint density at radius 1 is 1.67 bits per heavy atom. The summed E-state index contributed by atoms with van der Waals surface area (Å²) in [5.74, 6) is 0.421. The molecule has 0 spiro atoms. The Bertz CT molecular complexity index is 272. The molecule has 0 aliphatic rings. The van der Waals surface area contributed by atoms with E-state index in [1.165, 1.54) is 11.3 Å². The molecule has 1 heterocycles. The molecule has 1 aromatic rings.